The summed E-state index contributed by atoms with van der Waals surface area (Å²) in [6.45, 7) is 4.33. The van der Waals surface area contributed by atoms with Crippen LogP contribution in [-0.4, -0.2) is 29.8 Å². The van der Waals surface area contributed by atoms with Crippen molar-refractivity contribution in [1.82, 2.24) is 29.8 Å². The van der Waals surface area contributed by atoms with Crippen LogP contribution in [-0.2, 0) is 5.75 Å². The number of nitrogen functional groups attached to an aromatic ring is 1. The zero-order valence-corrected chi connectivity index (χ0v) is 16.8. The molecule has 1 aromatic carbocycles. The van der Waals surface area contributed by atoms with Crippen LogP contribution in [0.3, 0.4) is 0 Å². The largest absolute Gasteiger partial charge is 0.368 e. The molecule has 0 aliphatic rings. The van der Waals surface area contributed by atoms with Gasteiger partial charge >= 0.3 is 0 Å². The van der Waals surface area contributed by atoms with Crippen LogP contribution in [0.25, 0.3) is 5.78 Å². The van der Waals surface area contributed by atoms with Crippen LogP contribution in [0.15, 0.2) is 39.5 Å². The van der Waals surface area contributed by atoms with Gasteiger partial charge in [0.15, 0.2) is 4.34 Å². The molecule has 0 fully saturated rings. The van der Waals surface area contributed by atoms with Gasteiger partial charge in [0.25, 0.3) is 11.3 Å². The fraction of sp³-hybridized carbons (Fsp3) is 0.235. The van der Waals surface area contributed by atoms with Crippen LogP contribution in [0.2, 0.25) is 0 Å². The zero-order chi connectivity index (χ0) is 19.7. The Kier molecular flexibility index (Phi) is 5.01. The van der Waals surface area contributed by atoms with Crippen LogP contribution >= 0.6 is 23.1 Å². The number of anilines is 3. The van der Waals surface area contributed by atoms with E-state index in [0.717, 1.165) is 10.0 Å². The van der Waals surface area contributed by atoms with E-state index in [-0.39, 0.29) is 17.3 Å². The molecule has 0 unspecified atom stereocenters. The van der Waals surface area contributed by atoms with Crippen molar-refractivity contribution in [2.45, 2.75) is 29.9 Å². The Labute approximate surface area is 168 Å². The summed E-state index contributed by atoms with van der Waals surface area (Å²) in [5, 5.41) is 15.0. The molecule has 4 aromatic rings. The van der Waals surface area contributed by atoms with Gasteiger partial charge in [0.05, 0.1) is 5.69 Å². The standard InChI is InChI=1S/C17H18N8OS2/c1-9(2)10-3-5-11(6-4-10)20-16-22-23-17(28-16)27-8-12-7-13(26)25-15(19-12)21-14(18)24-25/h3-7,9H,8H2,1-2H3,(H,20,22)(H3,18,19,21,24). The molecule has 0 saturated heterocycles. The third kappa shape index (κ3) is 3.99. The van der Waals surface area contributed by atoms with E-state index in [4.69, 9.17) is 5.73 Å². The van der Waals surface area contributed by atoms with Crippen LogP contribution in [0, 0.1) is 0 Å². The number of rotatable bonds is 6. The Morgan fingerprint density at radius 3 is 2.79 bits per heavy atom. The summed E-state index contributed by atoms with van der Waals surface area (Å²) in [6.07, 6.45) is 0. The van der Waals surface area contributed by atoms with Crippen molar-refractivity contribution in [2.75, 3.05) is 11.1 Å². The highest BCUT2D eigenvalue weighted by Crippen LogP contribution is 2.29. The third-order valence-electron chi connectivity index (χ3n) is 3.98. The van der Waals surface area contributed by atoms with Gasteiger partial charge in [-0.15, -0.1) is 10.2 Å². The average molecular weight is 415 g/mol. The van der Waals surface area contributed by atoms with Gasteiger partial charge in [0.2, 0.25) is 11.1 Å². The lowest BCUT2D eigenvalue weighted by molar-refractivity contribution is 0.867. The first-order valence-corrected chi connectivity index (χ1v) is 10.4. The maximum atomic E-state index is 12.0. The number of aromatic nitrogens is 6. The number of nitrogens with one attached hydrogen (secondary N) is 2. The third-order valence-corrected chi connectivity index (χ3v) is 5.99. The molecular formula is C17H18N8OS2. The normalized spacial score (nSPS) is 11.4. The SMILES string of the molecule is CC(C)c1ccc(Nc2nnc(SCc3cc(=O)n4[nH]c(N)nc4n3)s2)cc1. The fourth-order valence-corrected chi connectivity index (χ4v) is 4.21. The Hall–Kier alpha value is -2.92. The number of benzene rings is 1. The van der Waals surface area contributed by atoms with Crippen molar-refractivity contribution in [2.24, 2.45) is 0 Å². The van der Waals surface area contributed by atoms with Crippen LogP contribution in [0.5, 0.6) is 0 Å². The molecule has 4 rings (SSSR count). The molecule has 0 aliphatic heterocycles. The second-order valence-corrected chi connectivity index (χ2v) is 8.59. The number of nitrogens with zero attached hydrogens (tertiary/aromatic N) is 5. The average Bonchev–Trinajstić information content (AvgIpc) is 3.26. The number of hydrogen-bond acceptors (Lipinski definition) is 9. The quantitative estimate of drug-likeness (QED) is 0.411. The minimum Gasteiger partial charge on any atom is -0.368 e. The predicted octanol–water partition coefficient (Wildman–Crippen LogP) is 3.01. The Bertz CT molecular complexity index is 1160. The maximum Gasteiger partial charge on any atom is 0.274 e. The summed E-state index contributed by atoms with van der Waals surface area (Å²) in [6, 6.07) is 9.73. The lowest BCUT2D eigenvalue weighted by Crippen LogP contribution is -2.15. The molecule has 0 amide bonds. The van der Waals surface area contributed by atoms with Crippen molar-refractivity contribution < 1.29 is 0 Å². The van der Waals surface area contributed by atoms with E-state index in [0.29, 0.717) is 22.5 Å². The zero-order valence-electron chi connectivity index (χ0n) is 15.2. The van der Waals surface area contributed by atoms with Crippen molar-refractivity contribution >= 4 is 45.6 Å². The number of H-pyrrole nitrogens is 1. The van der Waals surface area contributed by atoms with Gasteiger partial charge in [-0.2, -0.15) is 9.50 Å². The molecule has 28 heavy (non-hydrogen) atoms. The van der Waals surface area contributed by atoms with Crippen LogP contribution in [0.4, 0.5) is 16.8 Å². The summed E-state index contributed by atoms with van der Waals surface area (Å²) >= 11 is 2.91. The number of thioether (sulfide) groups is 1. The topological polar surface area (TPSA) is 127 Å². The Morgan fingerprint density at radius 1 is 1.25 bits per heavy atom. The summed E-state index contributed by atoms with van der Waals surface area (Å²) in [5.74, 6) is 1.38. The second-order valence-electron chi connectivity index (χ2n) is 6.39. The van der Waals surface area contributed by atoms with Crippen molar-refractivity contribution in [3.05, 3.63) is 51.9 Å². The van der Waals surface area contributed by atoms with E-state index >= 15 is 0 Å². The minimum atomic E-state index is -0.255. The fourth-order valence-electron chi connectivity index (χ4n) is 2.55. The first-order valence-electron chi connectivity index (χ1n) is 8.55. The van der Waals surface area contributed by atoms with E-state index in [2.05, 4.69) is 56.6 Å². The van der Waals surface area contributed by atoms with E-state index in [9.17, 15) is 4.79 Å². The van der Waals surface area contributed by atoms with Crippen LogP contribution in [0.1, 0.15) is 31.0 Å². The highest BCUT2D eigenvalue weighted by Gasteiger charge is 2.10. The molecule has 0 bridgehead atoms. The molecule has 9 nitrogen and oxygen atoms in total. The van der Waals surface area contributed by atoms with Gasteiger partial charge < -0.3 is 11.1 Å². The lowest BCUT2D eigenvalue weighted by Gasteiger charge is -2.06. The summed E-state index contributed by atoms with van der Waals surface area (Å²) in [7, 11) is 0. The molecule has 0 aliphatic carbocycles. The first kappa shape index (κ1) is 18.4. The Balaban J connectivity index is 1.41. The molecule has 0 saturated carbocycles. The van der Waals surface area contributed by atoms with E-state index < -0.39 is 0 Å². The van der Waals surface area contributed by atoms with Crippen LogP contribution < -0.4 is 16.6 Å². The molecule has 3 heterocycles. The Morgan fingerprint density at radius 2 is 2.04 bits per heavy atom. The van der Waals surface area contributed by atoms with Gasteiger partial charge in [-0.3, -0.25) is 9.89 Å². The van der Waals surface area contributed by atoms with Gasteiger partial charge in [0, 0.05) is 17.5 Å². The molecule has 144 valence electrons. The highest BCUT2D eigenvalue weighted by atomic mass is 32.2. The van der Waals surface area contributed by atoms with Gasteiger partial charge in [-0.25, -0.2) is 4.98 Å². The van der Waals surface area contributed by atoms with Gasteiger partial charge in [0.1, 0.15) is 0 Å². The first-order chi connectivity index (χ1) is 13.5. The van der Waals surface area contributed by atoms with Gasteiger partial charge in [-0.05, 0) is 23.6 Å². The summed E-state index contributed by atoms with van der Waals surface area (Å²) < 4.78 is 1.99. The number of nitrogens with two attached hydrogens (primary N) is 1. The monoisotopic (exact) mass is 414 g/mol. The van der Waals surface area contributed by atoms with Gasteiger partial charge in [-0.1, -0.05) is 49.1 Å². The number of aromatic amines is 1. The molecule has 11 heteroatoms. The maximum absolute atomic E-state index is 12.0. The lowest BCUT2D eigenvalue weighted by atomic mass is 10.0. The molecular weight excluding hydrogens is 396 g/mol. The van der Waals surface area contributed by atoms with Crippen molar-refractivity contribution in [1.29, 1.82) is 0 Å². The van der Waals surface area contributed by atoms with E-state index in [1.807, 2.05) is 12.1 Å². The number of hydrogen-bond donors (Lipinski definition) is 3. The summed E-state index contributed by atoms with van der Waals surface area (Å²) in [5.41, 5.74) is 8.18. The highest BCUT2D eigenvalue weighted by molar-refractivity contribution is 8.00. The smallest absolute Gasteiger partial charge is 0.274 e. The van der Waals surface area contributed by atoms with E-state index in [1.165, 1.54) is 39.2 Å². The minimum absolute atomic E-state index is 0.149. The molecule has 0 spiro atoms. The summed E-state index contributed by atoms with van der Waals surface area (Å²) in [4.78, 5) is 20.4. The van der Waals surface area contributed by atoms with Crippen molar-refractivity contribution in [3.63, 3.8) is 0 Å². The molecule has 0 radical (unpaired) electrons. The molecule has 0 atom stereocenters. The second kappa shape index (κ2) is 7.60. The predicted molar refractivity (Wildman–Crippen MR) is 111 cm³/mol. The molecule has 3 aromatic heterocycles. The van der Waals surface area contributed by atoms with Crippen molar-refractivity contribution in [3.8, 4) is 0 Å². The van der Waals surface area contributed by atoms with E-state index in [1.54, 1.807) is 0 Å². The molecule has 4 N–H and O–H groups in total. The number of fused-ring (bicyclic) bond motifs is 1.